The van der Waals surface area contributed by atoms with Crippen LogP contribution in [-0.2, 0) is 4.74 Å². The van der Waals surface area contributed by atoms with E-state index in [2.05, 4.69) is 43.1 Å². The average Bonchev–Trinajstić information content (AvgIpc) is 2.92. The zero-order chi connectivity index (χ0) is 17.7. The van der Waals surface area contributed by atoms with Gasteiger partial charge in [0.1, 0.15) is 0 Å². The molecule has 1 amide bonds. The van der Waals surface area contributed by atoms with Crippen molar-refractivity contribution in [2.75, 3.05) is 19.8 Å². The molecule has 0 bridgehead atoms. The van der Waals surface area contributed by atoms with Crippen LogP contribution in [0.15, 0.2) is 12.3 Å². The molecule has 0 aliphatic rings. The molecule has 0 saturated carbocycles. The zero-order valence-corrected chi connectivity index (χ0v) is 15.3. The molecule has 0 saturated heterocycles. The third-order valence-corrected chi connectivity index (χ3v) is 3.70. The standard InChI is InChI=1S/C18H28N4O2/c1-12(2)11-24-8-6-7-19-18(23)16-9-15-10-20-22(13(3)4)17(15)21-14(16)5/h9-10,12-13H,6-8,11H2,1-5H3,(H,19,23). The molecule has 2 aromatic rings. The Kier molecular flexibility index (Phi) is 6.31. The van der Waals surface area contributed by atoms with Crippen molar-refractivity contribution in [3.8, 4) is 0 Å². The van der Waals surface area contributed by atoms with Crippen LogP contribution in [0.2, 0.25) is 0 Å². The average molecular weight is 332 g/mol. The number of carbonyl (C=O) groups excluding carboxylic acids is 1. The van der Waals surface area contributed by atoms with Crippen molar-refractivity contribution in [2.45, 2.75) is 47.1 Å². The second kappa shape index (κ2) is 8.24. The fraction of sp³-hybridized carbons (Fsp3) is 0.611. The molecule has 0 aliphatic carbocycles. The highest BCUT2D eigenvalue weighted by atomic mass is 16.5. The SMILES string of the molecule is Cc1nc2c(cnn2C(C)C)cc1C(=O)NCCCOCC(C)C. The first kappa shape index (κ1) is 18.4. The number of aryl methyl sites for hydroxylation is 1. The van der Waals surface area contributed by atoms with Crippen LogP contribution in [0.1, 0.15) is 56.2 Å². The highest BCUT2D eigenvalue weighted by Gasteiger charge is 2.14. The molecule has 2 aromatic heterocycles. The van der Waals surface area contributed by atoms with E-state index in [1.54, 1.807) is 6.20 Å². The van der Waals surface area contributed by atoms with Gasteiger partial charge in [0.05, 0.1) is 17.5 Å². The highest BCUT2D eigenvalue weighted by Crippen LogP contribution is 2.19. The Balaban J connectivity index is 1.96. The number of hydrogen-bond donors (Lipinski definition) is 1. The van der Waals surface area contributed by atoms with E-state index >= 15 is 0 Å². The molecule has 2 rings (SSSR count). The number of ether oxygens (including phenoxy) is 1. The van der Waals surface area contributed by atoms with Gasteiger partial charge in [-0.25, -0.2) is 9.67 Å². The summed E-state index contributed by atoms with van der Waals surface area (Å²) in [5.74, 6) is 0.440. The first-order valence-electron chi connectivity index (χ1n) is 8.61. The van der Waals surface area contributed by atoms with Crippen LogP contribution in [0.25, 0.3) is 11.0 Å². The van der Waals surface area contributed by atoms with E-state index in [1.165, 1.54) is 0 Å². The number of fused-ring (bicyclic) bond motifs is 1. The van der Waals surface area contributed by atoms with Crippen molar-refractivity contribution in [3.05, 3.63) is 23.5 Å². The third kappa shape index (κ3) is 4.54. The summed E-state index contributed by atoms with van der Waals surface area (Å²) in [4.78, 5) is 16.9. The van der Waals surface area contributed by atoms with E-state index < -0.39 is 0 Å². The summed E-state index contributed by atoms with van der Waals surface area (Å²) < 4.78 is 7.39. The molecule has 0 atom stereocenters. The minimum atomic E-state index is -0.0944. The number of nitrogens with one attached hydrogen (secondary N) is 1. The summed E-state index contributed by atoms with van der Waals surface area (Å²) in [6, 6.07) is 2.11. The van der Waals surface area contributed by atoms with Gasteiger partial charge in [0.2, 0.25) is 0 Å². The lowest BCUT2D eigenvalue weighted by atomic mass is 10.1. The Morgan fingerprint density at radius 1 is 1.33 bits per heavy atom. The van der Waals surface area contributed by atoms with Crippen molar-refractivity contribution >= 4 is 16.9 Å². The lowest BCUT2D eigenvalue weighted by Crippen LogP contribution is -2.26. The molecule has 0 fully saturated rings. The monoisotopic (exact) mass is 332 g/mol. The summed E-state index contributed by atoms with van der Waals surface area (Å²) in [6.45, 7) is 12.2. The summed E-state index contributed by atoms with van der Waals surface area (Å²) in [6.07, 6.45) is 2.57. The van der Waals surface area contributed by atoms with Gasteiger partial charge in [-0.3, -0.25) is 4.79 Å². The van der Waals surface area contributed by atoms with Crippen molar-refractivity contribution in [1.82, 2.24) is 20.1 Å². The van der Waals surface area contributed by atoms with Gasteiger partial charge in [-0.1, -0.05) is 13.8 Å². The molecular weight excluding hydrogens is 304 g/mol. The number of nitrogens with zero attached hydrogens (tertiary/aromatic N) is 3. The molecule has 132 valence electrons. The third-order valence-electron chi connectivity index (χ3n) is 3.70. The maximum absolute atomic E-state index is 12.4. The quantitative estimate of drug-likeness (QED) is 0.754. The van der Waals surface area contributed by atoms with Crippen LogP contribution in [0.5, 0.6) is 0 Å². The van der Waals surface area contributed by atoms with E-state index in [-0.39, 0.29) is 11.9 Å². The van der Waals surface area contributed by atoms with Gasteiger partial charge < -0.3 is 10.1 Å². The second-order valence-corrected chi connectivity index (χ2v) is 6.80. The summed E-state index contributed by atoms with van der Waals surface area (Å²) >= 11 is 0. The minimum Gasteiger partial charge on any atom is -0.381 e. The first-order valence-corrected chi connectivity index (χ1v) is 8.61. The maximum Gasteiger partial charge on any atom is 0.253 e. The molecule has 2 heterocycles. The van der Waals surface area contributed by atoms with E-state index in [0.29, 0.717) is 24.6 Å². The molecule has 0 spiro atoms. The van der Waals surface area contributed by atoms with Gasteiger partial charge in [0, 0.05) is 31.2 Å². The Morgan fingerprint density at radius 2 is 2.08 bits per heavy atom. The number of carbonyl (C=O) groups is 1. The Bertz CT molecular complexity index is 692. The number of pyridine rings is 1. The summed E-state index contributed by atoms with van der Waals surface area (Å²) in [5.41, 5.74) is 2.15. The number of aromatic nitrogens is 3. The lowest BCUT2D eigenvalue weighted by molar-refractivity contribution is 0.0924. The van der Waals surface area contributed by atoms with Gasteiger partial charge in [-0.05, 0) is 39.2 Å². The van der Waals surface area contributed by atoms with Crippen LogP contribution in [0.4, 0.5) is 0 Å². The van der Waals surface area contributed by atoms with Gasteiger partial charge in [0.15, 0.2) is 5.65 Å². The summed E-state index contributed by atoms with van der Waals surface area (Å²) in [5, 5.41) is 8.18. The topological polar surface area (TPSA) is 69.0 Å². The fourth-order valence-corrected chi connectivity index (χ4v) is 2.46. The number of amides is 1. The van der Waals surface area contributed by atoms with Gasteiger partial charge in [-0.2, -0.15) is 5.10 Å². The zero-order valence-electron chi connectivity index (χ0n) is 15.3. The van der Waals surface area contributed by atoms with Crippen molar-refractivity contribution in [1.29, 1.82) is 0 Å². The smallest absolute Gasteiger partial charge is 0.253 e. The molecule has 6 nitrogen and oxygen atoms in total. The van der Waals surface area contributed by atoms with Crippen LogP contribution in [0, 0.1) is 12.8 Å². The Labute approximate surface area is 143 Å². The van der Waals surface area contributed by atoms with Gasteiger partial charge in [0.25, 0.3) is 5.91 Å². The Hall–Kier alpha value is -1.95. The van der Waals surface area contributed by atoms with Crippen molar-refractivity contribution < 1.29 is 9.53 Å². The van der Waals surface area contributed by atoms with Crippen molar-refractivity contribution in [2.24, 2.45) is 5.92 Å². The molecule has 6 heteroatoms. The van der Waals surface area contributed by atoms with Crippen LogP contribution >= 0.6 is 0 Å². The van der Waals surface area contributed by atoms with E-state index in [1.807, 2.05) is 17.7 Å². The molecule has 1 N–H and O–H groups in total. The Morgan fingerprint density at radius 3 is 2.75 bits per heavy atom. The molecule has 0 unspecified atom stereocenters. The van der Waals surface area contributed by atoms with E-state index in [9.17, 15) is 4.79 Å². The predicted molar refractivity (Wildman–Crippen MR) is 95.3 cm³/mol. The largest absolute Gasteiger partial charge is 0.381 e. The normalized spacial score (nSPS) is 11.6. The predicted octanol–water partition coefficient (Wildman–Crippen LogP) is 3.11. The second-order valence-electron chi connectivity index (χ2n) is 6.80. The van der Waals surface area contributed by atoms with Crippen molar-refractivity contribution in [3.63, 3.8) is 0 Å². The molecule has 0 radical (unpaired) electrons. The molecule has 0 aliphatic heterocycles. The van der Waals surface area contributed by atoms with Gasteiger partial charge >= 0.3 is 0 Å². The van der Waals surface area contributed by atoms with Crippen LogP contribution in [-0.4, -0.2) is 40.4 Å². The highest BCUT2D eigenvalue weighted by molar-refractivity contribution is 5.98. The number of hydrogen-bond acceptors (Lipinski definition) is 4. The lowest BCUT2D eigenvalue weighted by Gasteiger charge is -2.10. The van der Waals surface area contributed by atoms with Crippen LogP contribution in [0.3, 0.4) is 0 Å². The fourth-order valence-electron chi connectivity index (χ4n) is 2.46. The van der Waals surface area contributed by atoms with E-state index in [0.717, 1.165) is 29.8 Å². The van der Waals surface area contributed by atoms with Gasteiger partial charge in [-0.15, -0.1) is 0 Å². The number of rotatable bonds is 8. The summed E-state index contributed by atoms with van der Waals surface area (Å²) in [7, 11) is 0. The molecule has 0 aromatic carbocycles. The van der Waals surface area contributed by atoms with E-state index in [4.69, 9.17) is 4.74 Å². The minimum absolute atomic E-state index is 0.0944. The maximum atomic E-state index is 12.4. The molecular formula is C18H28N4O2. The molecule has 24 heavy (non-hydrogen) atoms. The first-order chi connectivity index (χ1) is 11.4. The van der Waals surface area contributed by atoms with Crippen LogP contribution < -0.4 is 5.32 Å².